The van der Waals surface area contributed by atoms with Crippen molar-refractivity contribution in [2.75, 3.05) is 5.32 Å². The van der Waals surface area contributed by atoms with Crippen LogP contribution in [0, 0.1) is 27.7 Å². The zero-order chi connectivity index (χ0) is 23.7. The van der Waals surface area contributed by atoms with E-state index >= 15 is 0 Å². The number of hydrogen-bond donors (Lipinski definition) is 1. The highest BCUT2D eigenvalue weighted by molar-refractivity contribution is 5.91. The molecule has 4 aromatic rings. The molecular formula is C27H30N4O2. The van der Waals surface area contributed by atoms with E-state index in [4.69, 9.17) is 5.10 Å². The predicted molar refractivity (Wildman–Crippen MR) is 133 cm³/mol. The fourth-order valence-electron chi connectivity index (χ4n) is 4.49. The van der Waals surface area contributed by atoms with Crippen LogP contribution in [0.5, 0.6) is 0 Å². The maximum Gasteiger partial charge on any atom is 0.255 e. The van der Waals surface area contributed by atoms with Crippen molar-refractivity contribution in [2.45, 2.75) is 54.0 Å². The van der Waals surface area contributed by atoms with E-state index in [1.54, 1.807) is 4.57 Å². The second-order valence-corrected chi connectivity index (χ2v) is 8.61. The topological polar surface area (TPSA) is 68.9 Å². The lowest BCUT2D eigenvalue weighted by molar-refractivity contribution is -0.116. The maximum atomic E-state index is 13.5. The van der Waals surface area contributed by atoms with Crippen molar-refractivity contribution in [3.63, 3.8) is 0 Å². The first-order valence-electron chi connectivity index (χ1n) is 11.3. The van der Waals surface area contributed by atoms with Crippen LogP contribution in [0.1, 0.15) is 41.3 Å². The van der Waals surface area contributed by atoms with Gasteiger partial charge in [0.1, 0.15) is 5.65 Å². The Hall–Kier alpha value is -3.67. The number of carbonyl (C=O) groups excluding carboxylic acids is 1. The normalized spacial score (nSPS) is 11.2. The summed E-state index contributed by atoms with van der Waals surface area (Å²) >= 11 is 0. The molecule has 1 N–H and O–H groups in total. The third-order valence-corrected chi connectivity index (χ3v) is 6.09. The van der Waals surface area contributed by atoms with Gasteiger partial charge in [-0.05, 0) is 82.0 Å². The molecule has 0 aliphatic carbocycles. The van der Waals surface area contributed by atoms with Crippen molar-refractivity contribution in [2.24, 2.45) is 0 Å². The molecule has 0 fully saturated rings. The molecule has 0 radical (unpaired) electrons. The summed E-state index contributed by atoms with van der Waals surface area (Å²) in [5.41, 5.74) is 7.11. The van der Waals surface area contributed by atoms with Gasteiger partial charge < -0.3 is 5.32 Å². The molecule has 1 amide bonds. The molecule has 170 valence electrons. The molecule has 0 unspecified atom stereocenters. The zero-order valence-corrected chi connectivity index (χ0v) is 19.9. The number of aromatic nitrogens is 3. The standard InChI is InChI=1S/C27H30N4O2/c1-6-30-26-25(20(5)29-31(26)22-12-8-10-18(3)16-22)19(4)23(27(30)33)13-14-24(32)28-21-11-7-9-17(2)15-21/h7-12,15-16H,6,13-14H2,1-5H3,(H,28,32). The van der Waals surface area contributed by atoms with E-state index in [0.717, 1.165) is 44.8 Å². The van der Waals surface area contributed by atoms with Gasteiger partial charge in [-0.2, -0.15) is 5.10 Å². The third kappa shape index (κ3) is 4.33. The molecule has 6 nitrogen and oxygen atoms in total. The number of nitrogens with zero attached hydrogens (tertiary/aromatic N) is 3. The summed E-state index contributed by atoms with van der Waals surface area (Å²) in [6.07, 6.45) is 0.623. The Morgan fingerprint density at radius 3 is 2.36 bits per heavy atom. The van der Waals surface area contributed by atoms with Gasteiger partial charge in [0.05, 0.1) is 11.4 Å². The summed E-state index contributed by atoms with van der Waals surface area (Å²) in [7, 11) is 0. The van der Waals surface area contributed by atoms with Crippen LogP contribution in [0.25, 0.3) is 16.7 Å². The van der Waals surface area contributed by atoms with Gasteiger partial charge in [-0.3, -0.25) is 14.2 Å². The van der Waals surface area contributed by atoms with Gasteiger partial charge in [-0.15, -0.1) is 0 Å². The SMILES string of the molecule is CCn1c(=O)c(CCC(=O)Nc2cccc(C)c2)c(C)c2c(C)nn(-c3cccc(C)c3)c21. The van der Waals surface area contributed by atoms with Gasteiger partial charge in [-0.25, -0.2) is 4.68 Å². The Morgan fingerprint density at radius 2 is 1.70 bits per heavy atom. The van der Waals surface area contributed by atoms with Gasteiger partial charge in [0, 0.05) is 29.6 Å². The molecule has 6 heteroatoms. The smallest absolute Gasteiger partial charge is 0.255 e. The second-order valence-electron chi connectivity index (χ2n) is 8.61. The fourth-order valence-corrected chi connectivity index (χ4v) is 4.49. The highest BCUT2D eigenvalue weighted by Crippen LogP contribution is 2.26. The van der Waals surface area contributed by atoms with Crippen LogP contribution in [0.3, 0.4) is 0 Å². The van der Waals surface area contributed by atoms with E-state index in [2.05, 4.69) is 11.4 Å². The van der Waals surface area contributed by atoms with E-state index < -0.39 is 0 Å². The van der Waals surface area contributed by atoms with Crippen molar-refractivity contribution in [3.8, 4) is 5.69 Å². The van der Waals surface area contributed by atoms with Crippen LogP contribution < -0.4 is 10.9 Å². The Labute approximate surface area is 193 Å². The number of aryl methyl sites for hydroxylation is 5. The number of benzene rings is 2. The van der Waals surface area contributed by atoms with Crippen LogP contribution in [0.15, 0.2) is 53.3 Å². The lowest BCUT2D eigenvalue weighted by Crippen LogP contribution is -2.27. The van der Waals surface area contributed by atoms with E-state index in [0.29, 0.717) is 18.5 Å². The Balaban J connectivity index is 1.72. The maximum absolute atomic E-state index is 13.5. The van der Waals surface area contributed by atoms with Crippen molar-refractivity contribution < 1.29 is 4.79 Å². The van der Waals surface area contributed by atoms with Crippen molar-refractivity contribution in [3.05, 3.63) is 86.8 Å². The van der Waals surface area contributed by atoms with Crippen LogP contribution in [-0.2, 0) is 17.8 Å². The van der Waals surface area contributed by atoms with Crippen molar-refractivity contribution in [1.29, 1.82) is 0 Å². The molecule has 2 aromatic heterocycles. The molecule has 0 saturated carbocycles. The Kier molecular flexibility index (Phi) is 6.18. The van der Waals surface area contributed by atoms with E-state index in [1.807, 2.05) is 81.8 Å². The monoisotopic (exact) mass is 442 g/mol. The van der Waals surface area contributed by atoms with Gasteiger partial charge in [-0.1, -0.05) is 24.3 Å². The third-order valence-electron chi connectivity index (χ3n) is 6.09. The molecule has 0 aliphatic rings. The summed E-state index contributed by atoms with van der Waals surface area (Å²) in [5, 5.41) is 8.70. The van der Waals surface area contributed by atoms with Gasteiger partial charge in [0.15, 0.2) is 0 Å². The second kappa shape index (κ2) is 9.06. The number of hydrogen-bond acceptors (Lipinski definition) is 3. The molecule has 0 saturated heterocycles. The van der Waals surface area contributed by atoms with Gasteiger partial charge in [0.25, 0.3) is 5.56 Å². The van der Waals surface area contributed by atoms with Crippen LogP contribution >= 0.6 is 0 Å². The predicted octanol–water partition coefficient (Wildman–Crippen LogP) is 5.01. The minimum Gasteiger partial charge on any atom is -0.326 e. The molecule has 0 aliphatic heterocycles. The quantitative estimate of drug-likeness (QED) is 0.456. The first kappa shape index (κ1) is 22.5. The lowest BCUT2D eigenvalue weighted by Gasteiger charge is -2.15. The number of pyridine rings is 1. The minimum absolute atomic E-state index is 0.0559. The van der Waals surface area contributed by atoms with Crippen LogP contribution in [0.4, 0.5) is 5.69 Å². The van der Waals surface area contributed by atoms with E-state index in [-0.39, 0.29) is 17.9 Å². The van der Waals surface area contributed by atoms with Gasteiger partial charge >= 0.3 is 0 Å². The molecule has 4 rings (SSSR count). The number of amides is 1. The van der Waals surface area contributed by atoms with Crippen LogP contribution in [-0.4, -0.2) is 20.3 Å². The Bertz CT molecular complexity index is 1410. The average Bonchev–Trinajstić information content (AvgIpc) is 3.11. The molecule has 2 aromatic carbocycles. The summed E-state index contributed by atoms with van der Waals surface area (Å²) in [6.45, 7) is 10.5. The lowest BCUT2D eigenvalue weighted by atomic mass is 10.0. The molecular weight excluding hydrogens is 412 g/mol. The van der Waals surface area contributed by atoms with E-state index in [1.165, 1.54) is 0 Å². The number of nitrogens with one attached hydrogen (secondary N) is 1. The first-order chi connectivity index (χ1) is 15.8. The highest BCUT2D eigenvalue weighted by atomic mass is 16.1. The minimum atomic E-state index is -0.102. The molecule has 2 heterocycles. The number of rotatable bonds is 6. The largest absolute Gasteiger partial charge is 0.326 e. The first-order valence-corrected chi connectivity index (χ1v) is 11.3. The molecule has 0 bridgehead atoms. The zero-order valence-electron chi connectivity index (χ0n) is 19.9. The number of anilines is 1. The molecule has 0 spiro atoms. The van der Waals surface area contributed by atoms with Crippen molar-refractivity contribution in [1.82, 2.24) is 14.3 Å². The summed E-state index contributed by atoms with van der Waals surface area (Å²) in [4.78, 5) is 26.1. The summed E-state index contributed by atoms with van der Waals surface area (Å²) < 4.78 is 3.64. The highest BCUT2D eigenvalue weighted by Gasteiger charge is 2.21. The Morgan fingerprint density at radius 1 is 1.00 bits per heavy atom. The summed E-state index contributed by atoms with van der Waals surface area (Å²) in [5.74, 6) is -0.102. The number of carbonyl (C=O) groups is 1. The summed E-state index contributed by atoms with van der Waals surface area (Å²) in [6, 6.07) is 15.8. The molecule has 0 atom stereocenters. The number of fused-ring (bicyclic) bond motifs is 1. The average molecular weight is 443 g/mol. The van der Waals surface area contributed by atoms with E-state index in [9.17, 15) is 9.59 Å². The van der Waals surface area contributed by atoms with Crippen molar-refractivity contribution >= 4 is 22.6 Å². The van der Waals surface area contributed by atoms with Gasteiger partial charge in [0.2, 0.25) is 5.91 Å². The fraction of sp³-hybridized carbons (Fsp3) is 0.296. The van der Waals surface area contributed by atoms with Crippen LogP contribution in [0.2, 0.25) is 0 Å². The molecule has 33 heavy (non-hydrogen) atoms.